The van der Waals surface area contributed by atoms with Crippen molar-refractivity contribution in [1.82, 2.24) is 0 Å². The van der Waals surface area contributed by atoms with Crippen LogP contribution in [0.5, 0.6) is 0 Å². The summed E-state index contributed by atoms with van der Waals surface area (Å²) in [5.74, 6) is 0. The molecule has 0 aromatic heterocycles. The molecule has 0 saturated heterocycles. The minimum atomic E-state index is 0. The van der Waals surface area contributed by atoms with Crippen molar-refractivity contribution in [1.29, 1.82) is 0 Å². The Kier molecular flexibility index (Phi) is 523. The predicted molar refractivity (Wildman–Crippen MR) is 18.6 cm³/mol. The smallest absolute Gasteiger partial charge is 2.00 e. The maximum Gasteiger partial charge on any atom is 4.00 e. The molecule has 0 aliphatic heterocycles. The Labute approximate surface area is 71.7 Å². The Morgan fingerprint density at radius 3 is 0.800 bits per heavy atom. The first kappa shape index (κ1) is 66.6. The molecule has 0 saturated carbocycles. The van der Waals surface area contributed by atoms with Crippen molar-refractivity contribution >= 4 is 61.3 Å². The van der Waals surface area contributed by atoms with Crippen LogP contribution in [-0.4, -0.2) is 61.3 Å². The molecule has 7 radical (unpaired) electrons. The molecule has 0 amide bonds. The van der Waals surface area contributed by atoms with Crippen LogP contribution in [0.2, 0.25) is 0 Å². The van der Waals surface area contributed by atoms with Crippen molar-refractivity contribution in [2.24, 2.45) is 0 Å². The largest absolute Gasteiger partial charge is 4.00 e. The van der Waals surface area contributed by atoms with E-state index >= 15 is 0 Å². The Hall–Kier alpha value is 1.90. The molecule has 0 heterocycles. The monoisotopic (exact) mass is 295 g/mol. The molecule has 0 rings (SSSR count). The van der Waals surface area contributed by atoms with E-state index in [0.29, 0.717) is 0 Å². The molecule has 0 atom stereocenters. The van der Waals surface area contributed by atoms with Crippen LogP contribution in [0, 0.1) is 0 Å². The van der Waals surface area contributed by atoms with E-state index in [1.807, 2.05) is 0 Å². The van der Waals surface area contributed by atoms with E-state index in [1.54, 1.807) is 0 Å². The Bertz CT molecular complexity index is 9.61. The molecule has 0 N–H and O–H groups in total. The van der Waals surface area contributed by atoms with Gasteiger partial charge in [0.1, 0.15) is 0 Å². The third kappa shape index (κ3) is 24.9. The molecule has 0 spiro atoms. The maximum atomic E-state index is 0. The fourth-order valence-corrected chi connectivity index (χ4v) is 0. The summed E-state index contributed by atoms with van der Waals surface area (Å²) in [5, 5.41) is 0. The third-order valence-electron chi connectivity index (χ3n) is 0. The molecular formula is GaGeO2Sn. The summed E-state index contributed by atoms with van der Waals surface area (Å²) in [7, 11) is 0. The van der Waals surface area contributed by atoms with Gasteiger partial charge in [0.25, 0.3) is 0 Å². The van der Waals surface area contributed by atoms with E-state index in [4.69, 9.17) is 0 Å². The second-order valence-corrected chi connectivity index (χ2v) is 0. The molecule has 0 unspecified atom stereocenters. The van der Waals surface area contributed by atoms with Crippen LogP contribution in [0.15, 0.2) is 0 Å². The molecule has 0 aliphatic carbocycles. The topological polar surface area (TPSA) is 57.0 Å². The van der Waals surface area contributed by atoms with Gasteiger partial charge < -0.3 is 11.0 Å². The van der Waals surface area contributed by atoms with Crippen molar-refractivity contribution in [2.45, 2.75) is 0 Å². The Morgan fingerprint density at radius 2 is 0.800 bits per heavy atom. The Morgan fingerprint density at radius 1 is 0.800 bits per heavy atom. The molecular weight excluding hydrogens is 293 g/mol. The zero-order chi connectivity index (χ0) is 0. The average Bonchev–Trinajstić information content (AvgIpc) is 0. The minimum Gasteiger partial charge on any atom is -2.00 e. The molecule has 2 nitrogen and oxygen atoms in total. The van der Waals surface area contributed by atoms with Gasteiger partial charge in [0, 0.05) is 37.4 Å². The van der Waals surface area contributed by atoms with Crippen molar-refractivity contribution in [2.75, 3.05) is 0 Å². The first-order valence-electron chi connectivity index (χ1n) is 0. The third-order valence-corrected chi connectivity index (χ3v) is 0. The van der Waals surface area contributed by atoms with Gasteiger partial charge in [0.05, 0.1) is 0 Å². The molecule has 0 fully saturated rings. The van der Waals surface area contributed by atoms with E-state index in [-0.39, 0.29) is 72.2 Å². The van der Waals surface area contributed by atoms with Crippen LogP contribution in [0.4, 0.5) is 0 Å². The van der Waals surface area contributed by atoms with Crippen molar-refractivity contribution < 1.29 is 11.0 Å². The number of rotatable bonds is 0. The summed E-state index contributed by atoms with van der Waals surface area (Å²) >= 11 is 0. The van der Waals surface area contributed by atoms with E-state index in [1.165, 1.54) is 0 Å². The van der Waals surface area contributed by atoms with Gasteiger partial charge in [-0.25, -0.2) is 0 Å². The van der Waals surface area contributed by atoms with E-state index in [9.17, 15) is 0 Å². The Balaban J connectivity index is 0. The number of hydrogen-bond acceptors (Lipinski definition) is 0. The summed E-state index contributed by atoms with van der Waals surface area (Å²) in [6.45, 7) is 0. The van der Waals surface area contributed by atoms with Crippen LogP contribution < -0.4 is 0 Å². The van der Waals surface area contributed by atoms with Crippen molar-refractivity contribution in [3.63, 3.8) is 0 Å². The quantitative estimate of drug-likeness (QED) is 0.494. The molecule has 0 aromatic carbocycles. The zero-order valence-electron chi connectivity index (χ0n) is 2.39. The zero-order valence-corrected chi connectivity index (χ0v) is 9.77. The van der Waals surface area contributed by atoms with Gasteiger partial charge in [-0.2, -0.15) is 0 Å². The molecule has 0 bridgehead atoms. The van der Waals surface area contributed by atoms with Gasteiger partial charge in [-0.3, -0.25) is 0 Å². The van der Waals surface area contributed by atoms with Gasteiger partial charge >= 0.3 is 23.9 Å². The first-order valence-corrected chi connectivity index (χ1v) is 0. The fraction of sp³-hybridized carbons (Fsp3) is 0. The summed E-state index contributed by atoms with van der Waals surface area (Å²) in [6.07, 6.45) is 0. The van der Waals surface area contributed by atoms with Gasteiger partial charge in [0.15, 0.2) is 0 Å². The standard InChI is InChI=1S/Ga.Ge.2O.Sn/q;;2*-2;+4. The van der Waals surface area contributed by atoms with Gasteiger partial charge in [-0.15, -0.1) is 0 Å². The summed E-state index contributed by atoms with van der Waals surface area (Å²) in [5.41, 5.74) is 0. The van der Waals surface area contributed by atoms with Crippen LogP contribution in [0.3, 0.4) is 0 Å². The van der Waals surface area contributed by atoms with Crippen molar-refractivity contribution in [3.8, 4) is 0 Å². The van der Waals surface area contributed by atoms with E-state index < -0.39 is 0 Å². The normalized spacial score (nSPS) is 0. The fourth-order valence-electron chi connectivity index (χ4n) is 0. The first-order chi connectivity index (χ1) is 0. The van der Waals surface area contributed by atoms with Crippen LogP contribution in [0.25, 0.3) is 0 Å². The summed E-state index contributed by atoms with van der Waals surface area (Å²) in [4.78, 5) is 0. The van der Waals surface area contributed by atoms with E-state index in [0.717, 1.165) is 0 Å². The van der Waals surface area contributed by atoms with E-state index in [2.05, 4.69) is 0 Å². The molecule has 5 heavy (non-hydrogen) atoms. The van der Waals surface area contributed by atoms with Crippen LogP contribution >= 0.6 is 0 Å². The average molecular weight is 293 g/mol. The summed E-state index contributed by atoms with van der Waals surface area (Å²) in [6, 6.07) is 0. The second-order valence-electron chi connectivity index (χ2n) is 0. The minimum absolute atomic E-state index is 0. The van der Waals surface area contributed by atoms with Gasteiger partial charge in [-0.1, -0.05) is 0 Å². The second kappa shape index (κ2) is 39.3. The number of hydrogen-bond donors (Lipinski definition) is 0. The maximum absolute atomic E-state index is 0. The van der Waals surface area contributed by atoms with Crippen LogP contribution in [-0.2, 0) is 11.0 Å². The van der Waals surface area contributed by atoms with Crippen molar-refractivity contribution in [3.05, 3.63) is 0 Å². The molecule has 5 heteroatoms. The molecule has 0 aliphatic rings. The molecule has 0 aromatic rings. The van der Waals surface area contributed by atoms with Crippen LogP contribution in [0.1, 0.15) is 0 Å². The SMILES string of the molecule is [Ga].[Ge].[O-2].[O-2].[Sn+4]. The predicted octanol–water partition coefficient (Wildman–Crippen LogP) is -1.38. The molecule has 23 valence electrons. The van der Waals surface area contributed by atoms with Gasteiger partial charge in [0.2, 0.25) is 0 Å². The van der Waals surface area contributed by atoms with Gasteiger partial charge in [-0.05, 0) is 0 Å². The summed E-state index contributed by atoms with van der Waals surface area (Å²) < 4.78 is 0.